The molecule has 2 rings (SSSR count). The highest BCUT2D eigenvalue weighted by molar-refractivity contribution is 7.17. The van der Waals surface area contributed by atoms with Gasteiger partial charge in [-0.3, -0.25) is 14.9 Å². The van der Waals surface area contributed by atoms with E-state index in [1.54, 1.807) is 23.5 Å². The van der Waals surface area contributed by atoms with Crippen molar-refractivity contribution < 1.29 is 19.5 Å². The Bertz CT molecular complexity index is 665. The monoisotopic (exact) mass is 292 g/mol. The fraction of sp³-hybridized carbons (Fsp3) is 0.154. The summed E-state index contributed by atoms with van der Waals surface area (Å²) in [5.41, 5.74) is 0.569. The Morgan fingerprint density at radius 1 is 1.15 bits per heavy atom. The van der Waals surface area contributed by atoms with Crippen LogP contribution in [0.1, 0.15) is 12.8 Å². The Morgan fingerprint density at radius 3 is 2.70 bits per heavy atom. The number of carbonyl (C=O) groups excluding carboxylic acids is 2. The third kappa shape index (κ3) is 3.79. The Kier molecular flexibility index (Phi) is 4.31. The molecule has 0 aliphatic heterocycles. The van der Waals surface area contributed by atoms with E-state index in [4.69, 9.17) is 5.11 Å². The number of rotatable bonds is 4. The van der Waals surface area contributed by atoms with Gasteiger partial charge >= 0.3 is 12.0 Å². The number of nitrogens with one attached hydrogen (secondary N) is 2. The molecule has 0 fully saturated rings. The van der Waals surface area contributed by atoms with Crippen LogP contribution in [0.2, 0.25) is 0 Å². The van der Waals surface area contributed by atoms with E-state index in [1.807, 2.05) is 17.5 Å². The minimum atomic E-state index is -1.08. The van der Waals surface area contributed by atoms with Crippen molar-refractivity contribution in [3.05, 3.63) is 29.6 Å². The number of carbonyl (C=O) groups is 3. The molecule has 104 valence electrons. The molecule has 0 aliphatic rings. The number of carboxylic acids is 1. The smallest absolute Gasteiger partial charge is 0.325 e. The molecule has 1 aromatic heterocycles. The van der Waals surface area contributed by atoms with Crippen LogP contribution < -0.4 is 10.6 Å². The maximum atomic E-state index is 11.6. The lowest BCUT2D eigenvalue weighted by Gasteiger charge is -2.06. The zero-order valence-corrected chi connectivity index (χ0v) is 11.2. The van der Waals surface area contributed by atoms with Crippen LogP contribution >= 0.6 is 11.3 Å². The van der Waals surface area contributed by atoms with E-state index in [2.05, 4.69) is 10.6 Å². The summed E-state index contributed by atoms with van der Waals surface area (Å²) in [5, 5.41) is 16.0. The Balaban J connectivity index is 1.90. The molecular weight excluding hydrogens is 280 g/mol. The molecule has 6 nitrogen and oxygen atoms in total. The van der Waals surface area contributed by atoms with E-state index in [1.165, 1.54) is 0 Å². The number of thiophene rings is 1. The fourth-order valence-electron chi connectivity index (χ4n) is 1.62. The standard InChI is InChI=1S/C13H12N2O4S/c16-11(3-4-12(17)18)15-13(19)14-9-1-2-10-8(7-9)5-6-20-10/h1-2,5-7H,3-4H2,(H,17,18)(H2,14,15,16,19). The van der Waals surface area contributed by atoms with Crippen molar-refractivity contribution in [3.8, 4) is 0 Å². The zero-order valence-electron chi connectivity index (χ0n) is 10.4. The second-order valence-corrected chi connectivity index (χ2v) is 5.02. The molecule has 1 aromatic carbocycles. The van der Waals surface area contributed by atoms with E-state index in [9.17, 15) is 14.4 Å². The van der Waals surface area contributed by atoms with Crippen molar-refractivity contribution in [3.63, 3.8) is 0 Å². The average Bonchev–Trinajstić information content (AvgIpc) is 2.83. The first kappa shape index (κ1) is 14.0. The van der Waals surface area contributed by atoms with Crippen molar-refractivity contribution in [1.82, 2.24) is 5.32 Å². The largest absolute Gasteiger partial charge is 0.481 e. The van der Waals surface area contributed by atoms with Crippen molar-refractivity contribution in [1.29, 1.82) is 0 Å². The minimum Gasteiger partial charge on any atom is -0.481 e. The summed E-state index contributed by atoms with van der Waals surface area (Å²) in [6, 6.07) is 6.67. The number of amides is 3. The van der Waals surface area contributed by atoms with Gasteiger partial charge in [0.1, 0.15) is 0 Å². The summed E-state index contributed by atoms with van der Waals surface area (Å²) >= 11 is 1.60. The van der Waals surface area contributed by atoms with Gasteiger partial charge in [0.05, 0.1) is 6.42 Å². The van der Waals surface area contributed by atoms with Gasteiger partial charge in [-0.05, 0) is 35.0 Å². The highest BCUT2D eigenvalue weighted by Gasteiger charge is 2.10. The van der Waals surface area contributed by atoms with Crippen LogP contribution in [0.5, 0.6) is 0 Å². The van der Waals surface area contributed by atoms with Crippen LogP contribution in [-0.4, -0.2) is 23.0 Å². The number of imide groups is 1. The molecule has 0 bridgehead atoms. The molecule has 2 aromatic rings. The summed E-state index contributed by atoms with van der Waals surface area (Å²) in [6.45, 7) is 0. The van der Waals surface area contributed by atoms with Gasteiger partial charge in [0.2, 0.25) is 5.91 Å². The molecule has 20 heavy (non-hydrogen) atoms. The summed E-state index contributed by atoms with van der Waals surface area (Å²) in [6.07, 6.45) is -0.535. The van der Waals surface area contributed by atoms with Crippen molar-refractivity contribution in [2.24, 2.45) is 0 Å². The molecule has 7 heteroatoms. The normalized spacial score (nSPS) is 10.2. The molecule has 0 saturated carbocycles. The van der Waals surface area contributed by atoms with Crippen molar-refractivity contribution in [2.45, 2.75) is 12.8 Å². The first-order valence-corrected chi connectivity index (χ1v) is 6.72. The van der Waals surface area contributed by atoms with Gasteiger partial charge in [0.15, 0.2) is 0 Å². The lowest BCUT2D eigenvalue weighted by Crippen LogP contribution is -2.34. The summed E-state index contributed by atoms with van der Waals surface area (Å²) < 4.78 is 1.11. The summed E-state index contributed by atoms with van der Waals surface area (Å²) in [5.74, 6) is -1.70. The highest BCUT2D eigenvalue weighted by Crippen LogP contribution is 2.23. The molecule has 0 radical (unpaired) electrons. The van der Waals surface area contributed by atoms with Gasteiger partial charge in [-0.15, -0.1) is 11.3 Å². The molecule has 3 N–H and O–H groups in total. The van der Waals surface area contributed by atoms with Crippen LogP contribution in [0.25, 0.3) is 10.1 Å². The summed E-state index contributed by atoms with van der Waals surface area (Å²) in [7, 11) is 0. The molecule has 0 spiro atoms. The van der Waals surface area contributed by atoms with Gasteiger partial charge in [-0.1, -0.05) is 0 Å². The third-order valence-corrected chi connectivity index (χ3v) is 3.43. The van der Waals surface area contributed by atoms with E-state index in [-0.39, 0.29) is 12.8 Å². The third-order valence-electron chi connectivity index (χ3n) is 2.53. The van der Waals surface area contributed by atoms with Crippen LogP contribution in [0.4, 0.5) is 10.5 Å². The quantitative estimate of drug-likeness (QED) is 0.806. The molecule has 0 atom stereocenters. The predicted octanol–water partition coefficient (Wildman–Crippen LogP) is 2.41. The van der Waals surface area contributed by atoms with Crippen LogP contribution in [0.15, 0.2) is 29.6 Å². The van der Waals surface area contributed by atoms with Gasteiger partial charge in [-0.25, -0.2) is 4.79 Å². The number of anilines is 1. The maximum absolute atomic E-state index is 11.6. The topological polar surface area (TPSA) is 95.5 Å². The van der Waals surface area contributed by atoms with Gasteiger partial charge in [-0.2, -0.15) is 0 Å². The fourth-order valence-corrected chi connectivity index (χ4v) is 2.39. The maximum Gasteiger partial charge on any atom is 0.325 e. The molecule has 3 amide bonds. The lowest BCUT2D eigenvalue weighted by molar-refractivity contribution is -0.138. The van der Waals surface area contributed by atoms with Crippen molar-refractivity contribution >= 4 is 45.0 Å². The predicted molar refractivity (Wildman–Crippen MR) is 75.9 cm³/mol. The van der Waals surface area contributed by atoms with Gasteiger partial charge < -0.3 is 10.4 Å². The number of urea groups is 1. The summed E-state index contributed by atoms with van der Waals surface area (Å²) in [4.78, 5) is 33.1. The molecule has 1 heterocycles. The second-order valence-electron chi connectivity index (χ2n) is 4.07. The molecular formula is C13H12N2O4S. The van der Waals surface area contributed by atoms with E-state index in [0.29, 0.717) is 5.69 Å². The van der Waals surface area contributed by atoms with Gasteiger partial charge in [0.25, 0.3) is 0 Å². The van der Waals surface area contributed by atoms with Crippen LogP contribution in [0, 0.1) is 0 Å². The Morgan fingerprint density at radius 2 is 1.95 bits per heavy atom. The van der Waals surface area contributed by atoms with E-state index < -0.39 is 17.9 Å². The SMILES string of the molecule is O=C(O)CCC(=O)NC(=O)Nc1ccc2sccc2c1. The highest BCUT2D eigenvalue weighted by atomic mass is 32.1. The number of carboxylic acid groups (broad SMARTS) is 1. The zero-order chi connectivity index (χ0) is 14.5. The van der Waals surface area contributed by atoms with E-state index >= 15 is 0 Å². The Hall–Kier alpha value is -2.41. The molecule has 0 unspecified atom stereocenters. The lowest BCUT2D eigenvalue weighted by atomic mass is 10.2. The first-order valence-electron chi connectivity index (χ1n) is 5.84. The number of benzene rings is 1. The number of hydrogen-bond acceptors (Lipinski definition) is 4. The second kappa shape index (κ2) is 6.16. The van der Waals surface area contributed by atoms with Gasteiger partial charge in [0, 0.05) is 16.8 Å². The first-order chi connectivity index (χ1) is 9.54. The number of hydrogen-bond donors (Lipinski definition) is 3. The molecule has 0 saturated heterocycles. The van der Waals surface area contributed by atoms with Crippen LogP contribution in [0.3, 0.4) is 0 Å². The van der Waals surface area contributed by atoms with E-state index in [0.717, 1.165) is 10.1 Å². The van der Waals surface area contributed by atoms with Crippen LogP contribution in [-0.2, 0) is 9.59 Å². The minimum absolute atomic E-state index is 0.230. The molecule has 0 aliphatic carbocycles. The number of aliphatic carboxylic acids is 1. The van der Waals surface area contributed by atoms with Crippen molar-refractivity contribution in [2.75, 3.05) is 5.32 Å². The average molecular weight is 292 g/mol. The Labute approximate surface area is 118 Å². The number of fused-ring (bicyclic) bond motifs is 1.